The molecule has 1 aromatic heterocycles. The van der Waals surface area contributed by atoms with E-state index in [4.69, 9.17) is 10.5 Å². The number of H-pyrrole nitrogens is 1. The van der Waals surface area contributed by atoms with Crippen molar-refractivity contribution in [1.82, 2.24) is 15.6 Å². The van der Waals surface area contributed by atoms with E-state index in [1.165, 1.54) is 6.07 Å². The lowest BCUT2D eigenvalue weighted by atomic mass is 9.98. The van der Waals surface area contributed by atoms with Crippen LogP contribution in [0.3, 0.4) is 0 Å². The third-order valence-corrected chi connectivity index (χ3v) is 8.56. The largest absolute Gasteiger partial charge is 0.449 e. The van der Waals surface area contributed by atoms with Gasteiger partial charge in [0.1, 0.15) is 18.7 Å². The molecule has 5 rings (SSSR count). The van der Waals surface area contributed by atoms with Crippen molar-refractivity contribution in [2.45, 2.75) is 64.5 Å². The molecule has 0 unspecified atom stereocenters. The normalized spacial score (nSPS) is 13.5. The van der Waals surface area contributed by atoms with Crippen molar-refractivity contribution in [3.8, 4) is 11.1 Å². The van der Waals surface area contributed by atoms with Crippen molar-refractivity contribution >= 4 is 34.5 Å². The molecule has 1 aliphatic carbocycles. The van der Waals surface area contributed by atoms with Crippen molar-refractivity contribution in [3.63, 3.8) is 0 Å². The summed E-state index contributed by atoms with van der Waals surface area (Å²) < 4.78 is 5.72. The molecule has 47 heavy (non-hydrogen) atoms. The molecule has 0 fully saturated rings. The average molecular weight is 638 g/mol. The molecule has 0 radical (unpaired) electrons. The molecule has 2 atom stereocenters. The van der Waals surface area contributed by atoms with Crippen LogP contribution in [0.15, 0.2) is 77.6 Å². The number of nitrogens with one attached hydrogen (secondary N) is 4. The lowest BCUT2D eigenvalue weighted by Gasteiger charge is -2.24. The zero-order chi connectivity index (χ0) is 33.5. The molecular weight excluding hydrogens is 594 g/mol. The number of nitrogens with two attached hydrogens (primary N) is 1. The van der Waals surface area contributed by atoms with Gasteiger partial charge in [-0.3, -0.25) is 14.4 Å². The molecule has 10 heteroatoms. The number of benzene rings is 3. The summed E-state index contributed by atoms with van der Waals surface area (Å²) in [6.07, 6.45) is 1.32. The number of aromatic amines is 1. The minimum Gasteiger partial charge on any atom is -0.449 e. The zero-order valence-electron chi connectivity index (χ0n) is 27.1. The van der Waals surface area contributed by atoms with Gasteiger partial charge in [0, 0.05) is 23.1 Å². The first-order chi connectivity index (χ1) is 22.6. The third-order valence-electron chi connectivity index (χ3n) is 8.56. The average Bonchev–Trinajstić information content (AvgIpc) is 3.36. The van der Waals surface area contributed by atoms with Gasteiger partial charge < -0.3 is 31.4 Å². The number of fused-ring (bicyclic) bond motifs is 4. The number of pyridine rings is 1. The molecular formula is C37H43N5O5. The van der Waals surface area contributed by atoms with Gasteiger partial charge in [-0.05, 0) is 85.0 Å². The van der Waals surface area contributed by atoms with Gasteiger partial charge in [0.2, 0.25) is 17.4 Å². The summed E-state index contributed by atoms with van der Waals surface area (Å²) in [6, 6.07) is 21.2. The highest BCUT2D eigenvalue weighted by Crippen LogP contribution is 2.44. The van der Waals surface area contributed by atoms with Crippen LogP contribution in [0.2, 0.25) is 0 Å². The van der Waals surface area contributed by atoms with E-state index in [0.29, 0.717) is 43.4 Å². The Kier molecular flexibility index (Phi) is 10.7. The number of unbranched alkanes of at least 4 members (excludes halogenated alkanes) is 1. The highest BCUT2D eigenvalue weighted by Gasteiger charge is 2.31. The number of carbonyl (C=O) groups is 3. The monoisotopic (exact) mass is 637 g/mol. The molecule has 0 saturated heterocycles. The van der Waals surface area contributed by atoms with Crippen LogP contribution in [0.25, 0.3) is 22.0 Å². The minimum absolute atomic E-state index is 0.0763. The Morgan fingerprint density at radius 1 is 0.872 bits per heavy atom. The fourth-order valence-electron chi connectivity index (χ4n) is 6.26. The van der Waals surface area contributed by atoms with Crippen molar-refractivity contribution in [1.29, 1.82) is 0 Å². The topological polar surface area (TPSA) is 155 Å². The molecule has 0 spiro atoms. The van der Waals surface area contributed by atoms with Gasteiger partial charge in [-0.2, -0.15) is 0 Å². The SMILES string of the molecule is Cc1cc(=O)[nH]c2cc(NC(=O)[C@H](CCCCN)NC(=O)[C@H](CC(C)C)NC(=O)OCC3c4ccccc4-c4ccccc43)ccc12. The van der Waals surface area contributed by atoms with Crippen molar-refractivity contribution in [2.75, 3.05) is 18.5 Å². The Hall–Kier alpha value is -4.96. The summed E-state index contributed by atoms with van der Waals surface area (Å²) in [5.74, 6) is -0.918. The lowest BCUT2D eigenvalue weighted by molar-refractivity contribution is -0.128. The predicted molar refractivity (Wildman–Crippen MR) is 184 cm³/mol. The fourth-order valence-corrected chi connectivity index (χ4v) is 6.26. The van der Waals surface area contributed by atoms with Crippen molar-refractivity contribution in [3.05, 3.63) is 99.8 Å². The smallest absolute Gasteiger partial charge is 0.407 e. The first-order valence-electron chi connectivity index (χ1n) is 16.2. The van der Waals surface area contributed by atoms with Gasteiger partial charge in [0.25, 0.3) is 0 Å². The van der Waals surface area contributed by atoms with E-state index in [1.807, 2.05) is 63.2 Å². The Balaban J connectivity index is 1.26. The number of hydrogen-bond donors (Lipinski definition) is 5. The van der Waals surface area contributed by atoms with Crippen LogP contribution in [0, 0.1) is 12.8 Å². The van der Waals surface area contributed by atoms with Gasteiger partial charge in [-0.1, -0.05) is 68.4 Å². The van der Waals surface area contributed by atoms with Crippen LogP contribution in [0.4, 0.5) is 10.5 Å². The Morgan fingerprint density at radius 2 is 1.55 bits per heavy atom. The maximum Gasteiger partial charge on any atom is 0.407 e. The summed E-state index contributed by atoms with van der Waals surface area (Å²) in [5.41, 5.74) is 11.8. The molecule has 0 bridgehead atoms. The lowest BCUT2D eigenvalue weighted by Crippen LogP contribution is -2.53. The van der Waals surface area contributed by atoms with Gasteiger partial charge >= 0.3 is 6.09 Å². The highest BCUT2D eigenvalue weighted by molar-refractivity contribution is 5.99. The molecule has 1 heterocycles. The Bertz CT molecular complexity index is 1770. The molecule has 0 aliphatic heterocycles. The van der Waals surface area contributed by atoms with E-state index in [-0.39, 0.29) is 24.0 Å². The number of aromatic nitrogens is 1. The number of hydrogen-bond acceptors (Lipinski definition) is 6. The van der Waals surface area contributed by atoms with Crippen LogP contribution in [0.5, 0.6) is 0 Å². The van der Waals surface area contributed by atoms with Crippen molar-refractivity contribution < 1.29 is 19.1 Å². The number of rotatable bonds is 13. The predicted octanol–water partition coefficient (Wildman–Crippen LogP) is 5.34. The zero-order valence-corrected chi connectivity index (χ0v) is 27.1. The van der Waals surface area contributed by atoms with E-state index < -0.39 is 30.0 Å². The van der Waals surface area contributed by atoms with E-state index >= 15 is 0 Å². The molecule has 1 aliphatic rings. The van der Waals surface area contributed by atoms with Crippen LogP contribution in [-0.2, 0) is 14.3 Å². The summed E-state index contributed by atoms with van der Waals surface area (Å²) in [6.45, 7) is 6.34. The third kappa shape index (κ3) is 8.07. The fraction of sp³-hybridized carbons (Fsp3) is 0.351. The molecule has 3 amide bonds. The number of amides is 3. The number of aryl methyl sites for hydroxylation is 1. The maximum atomic E-state index is 13.6. The standard InChI is InChI=1S/C37H43N5O5/c1-22(2)18-33(42-37(46)47-21-30-28-12-6-4-10-26(28)27-11-5-7-13-29(27)30)36(45)41-31(14-8-9-17-38)35(44)39-24-15-16-25-23(3)19-34(43)40-32(25)20-24/h4-7,10-13,15-16,19-20,22,30-31,33H,8-9,14,17-18,21,38H2,1-3H3,(H,39,44)(H,40,43)(H,41,45)(H,42,46)/t31-,33-/m0/s1. The summed E-state index contributed by atoms with van der Waals surface area (Å²) in [7, 11) is 0. The summed E-state index contributed by atoms with van der Waals surface area (Å²) >= 11 is 0. The van der Waals surface area contributed by atoms with Gasteiger partial charge in [0.15, 0.2) is 0 Å². The molecule has 10 nitrogen and oxygen atoms in total. The summed E-state index contributed by atoms with van der Waals surface area (Å²) in [4.78, 5) is 55.0. The molecule has 4 aromatic rings. The van der Waals surface area contributed by atoms with Crippen LogP contribution >= 0.6 is 0 Å². The second-order valence-electron chi connectivity index (χ2n) is 12.6. The first-order valence-corrected chi connectivity index (χ1v) is 16.2. The molecule has 246 valence electrons. The van der Waals surface area contributed by atoms with Crippen LogP contribution in [-0.4, -0.2) is 48.1 Å². The first kappa shape index (κ1) is 33.4. The van der Waals surface area contributed by atoms with Crippen LogP contribution < -0.4 is 27.2 Å². The van der Waals surface area contributed by atoms with Gasteiger partial charge in [0.05, 0.1) is 5.52 Å². The molecule has 6 N–H and O–H groups in total. The van der Waals surface area contributed by atoms with E-state index in [0.717, 1.165) is 33.2 Å². The Labute approximate surface area is 274 Å². The molecule has 0 saturated carbocycles. The number of anilines is 1. The second kappa shape index (κ2) is 15.1. The van der Waals surface area contributed by atoms with Crippen molar-refractivity contribution in [2.24, 2.45) is 11.7 Å². The quantitative estimate of drug-likeness (QED) is 0.125. The maximum absolute atomic E-state index is 13.6. The second-order valence-corrected chi connectivity index (χ2v) is 12.6. The Morgan fingerprint density at radius 3 is 2.21 bits per heavy atom. The number of alkyl carbamates (subject to hydrolysis) is 1. The number of carbonyl (C=O) groups excluding carboxylic acids is 3. The summed E-state index contributed by atoms with van der Waals surface area (Å²) in [5, 5.41) is 9.36. The van der Waals surface area contributed by atoms with Gasteiger partial charge in [-0.15, -0.1) is 0 Å². The van der Waals surface area contributed by atoms with Crippen LogP contribution in [0.1, 0.15) is 62.1 Å². The number of ether oxygens (including phenoxy) is 1. The highest BCUT2D eigenvalue weighted by atomic mass is 16.5. The van der Waals surface area contributed by atoms with Gasteiger partial charge in [-0.25, -0.2) is 4.79 Å². The van der Waals surface area contributed by atoms with E-state index in [9.17, 15) is 19.2 Å². The molecule has 3 aromatic carbocycles. The van der Waals surface area contributed by atoms with E-state index in [2.05, 4.69) is 33.1 Å². The van der Waals surface area contributed by atoms with E-state index in [1.54, 1.807) is 12.1 Å². The minimum atomic E-state index is -0.913.